The summed E-state index contributed by atoms with van der Waals surface area (Å²) in [4.78, 5) is 8.60. The molecule has 0 aliphatic heterocycles. The Balaban J connectivity index is 1.52. The van der Waals surface area contributed by atoms with Crippen LogP contribution in [0.4, 0.5) is 29.1 Å². The molecule has 4 rings (SSSR count). The second kappa shape index (κ2) is 10.7. The van der Waals surface area contributed by atoms with E-state index < -0.39 is 38.2 Å². The van der Waals surface area contributed by atoms with Crippen molar-refractivity contribution >= 4 is 21.5 Å². The number of aromatic nitrogens is 2. The highest BCUT2D eigenvalue weighted by Gasteiger charge is 2.35. The molecular formula is C25H27F4N5O3S. The number of hydrogen-bond donors (Lipinski definition) is 3. The van der Waals surface area contributed by atoms with Gasteiger partial charge in [-0.1, -0.05) is 18.2 Å². The number of aromatic hydroxyl groups is 1. The van der Waals surface area contributed by atoms with Crippen LogP contribution in [0.5, 0.6) is 5.75 Å². The van der Waals surface area contributed by atoms with E-state index in [1.165, 1.54) is 24.4 Å². The van der Waals surface area contributed by atoms with Crippen LogP contribution >= 0.6 is 0 Å². The zero-order chi connectivity index (χ0) is 27.7. The first kappa shape index (κ1) is 27.6. The van der Waals surface area contributed by atoms with Crippen molar-refractivity contribution in [1.29, 1.82) is 0 Å². The molecule has 0 amide bonds. The maximum absolute atomic E-state index is 15.0. The minimum absolute atomic E-state index is 0.0119. The standard InChI is InChI=1S/C25H27F4N5O3S/c1-34(2)21-11-16(15-4-3-5-17(10-15)25(27,28)29)6-7-19(21)32-20-12-18(26)23(13-22(20)35)38(36,37)33-24-8-9-30-14-31-24/h3-5,8-10,12-14,16,19,21,32,35H,6-7,11H2,1-2H3,(H,30,31,33)/t16-,19-,21-/m0/s1. The van der Waals surface area contributed by atoms with Crippen molar-refractivity contribution in [3.63, 3.8) is 0 Å². The Bertz CT molecular complexity index is 1390. The number of benzene rings is 2. The maximum atomic E-state index is 15.0. The lowest BCUT2D eigenvalue weighted by Gasteiger charge is -2.41. The molecule has 0 unspecified atom stereocenters. The molecule has 0 radical (unpaired) electrons. The number of halogens is 4. The molecule has 1 aliphatic carbocycles. The summed E-state index contributed by atoms with van der Waals surface area (Å²) in [6.45, 7) is 0. The van der Waals surface area contributed by atoms with E-state index in [1.807, 2.05) is 19.0 Å². The van der Waals surface area contributed by atoms with E-state index >= 15 is 0 Å². The number of phenolic OH excluding ortho intramolecular Hbond substituents is 1. The van der Waals surface area contributed by atoms with E-state index in [1.54, 1.807) is 6.07 Å². The van der Waals surface area contributed by atoms with Gasteiger partial charge in [0.2, 0.25) is 0 Å². The minimum Gasteiger partial charge on any atom is -0.506 e. The fourth-order valence-electron chi connectivity index (χ4n) is 4.77. The molecule has 3 N–H and O–H groups in total. The normalized spacial score (nSPS) is 20.3. The lowest BCUT2D eigenvalue weighted by Crippen LogP contribution is -2.47. The van der Waals surface area contributed by atoms with Crippen molar-refractivity contribution < 1.29 is 31.1 Å². The van der Waals surface area contributed by atoms with Gasteiger partial charge < -0.3 is 15.3 Å². The summed E-state index contributed by atoms with van der Waals surface area (Å²) in [5.74, 6) is -1.72. The maximum Gasteiger partial charge on any atom is 0.416 e. The summed E-state index contributed by atoms with van der Waals surface area (Å²) in [5.41, 5.74) is -0.0797. The second-order valence-corrected chi connectivity index (χ2v) is 11.1. The van der Waals surface area contributed by atoms with Crippen molar-refractivity contribution in [2.75, 3.05) is 24.1 Å². The fraction of sp³-hybridized carbons (Fsp3) is 0.360. The Kier molecular flexibility index (Phi) is 7.79. The zero-order valence-electron chi connectivity index (χ0n) is 20.6. The number of hydrogen-bond acceptors (Lipinski definition) is 7. The van der Waals surface area contributed by atoms with Crippen LogP contribution in [0.15, 0.2) is 59.9 Å². The Morgan fingerprint density at radius 1 is 1.11 bits per heavy atom. The molecule has 0 bridgehead atoms. The summed E-state index contributed by atoms with van der Waals surface area (Å²) >= 11 is 0. The Labute approximate surface area is 217 Å². The second-order valence-electron chi connectivity index (χ2n) is 9.41. The molecule has 1 aromatic heterocycles. The number of likely N-dealkylation sites (N-methyl/N-ethyl adjacent to an activating group) is 1. The average Bonchev–Trinajstić information content (AvgIpc) is 2.86. The molecule has 3 atom stereocenters. The third kappa shape index (κ3) is 6.16. The van der Waals surface area contributed by atoms with Gasteiger partial charge in [-0.25, -0.2) is 22.8 Å². The van der Waals surface area contributed by atoms with Gasteiger partial charge in [0.1, 0.15) is 28.6 Å². The van der Waals surface area contributed by atoms with Crippen LogP contribution in [-0.4, -0.2) is 54.6 Å². The smallest absolute Gasteiger partial charge is 0.416 e. The average molecular weight is 554 g/mol. The number of nitrogens with one attached hydrogen (secondary N) is 2. The van der Waals surface area contributed by atoms with E-state index in [0.717, 1.165) is 24.5 Å². The van der Waals surface area contributed by atoms with E-state index in [2.05, 4.69) is 20.0 Å². The topological polar surface area (TPSA) is 107 Å². The van der Waals surface area contributed by atoms with Gasteiger partial charge in [-0.05, 0) is 57.0 Å². The van der Waals surface area contributed by atoms with Crippen molar-refractivity contribution in [3.8, 4) is 5.75 Å². The van der Waals surface area contributed by atoms with Crippen LogP contribution in [-0.2, 0) is 16.2 Å². The van der Waals surface area contributed by atoms with Crippen molar-refractivity contribution in [3.05, 3.63) is 71.9 Å². The highest BCUT2D eigenvalue weighted by Crippen LogP contribution is 2.39. The van der Waals surface area contributed by atoms with Gasteiger partial charge in [-0.3, -0.25) is 4.72 Å². The third-order valence-electron chi connectivity index (χ3n) is 6.67. The molecule has 0 spiro atoms. The lowest BCUT2D eigenvalue weighted by atomic mass is 9.78. The highest BCUT2D eigenvalue weighted by atomic mass is 32.2. The van der Waals surface area contributed by atoms with Crippen LogP contribution in [0, 0.1) is 5.82 Å². The minimum atomic E-state index is -4.43. The quantitative estimate of drug-likeness (QED) is 0.285. The Morgan fingerprint density at radius 2 is 1.87 bits per heavy atom. The van der Waals surface area contributed by atoms with Gasteiger partial charge in [0.15, 0.2) is 0 Å². The van der Waals surface area contributed by atoms with Gasteiger partial charge in [0.05, 0.1) is 11.3 Å². The third-order valence-corrected chi connectivity index (χ3v) is 8.04. The predicted octanol–water partition coefficient (Wildman–Crippen LogP) is 4.82. The van der Waals surface area contributed by atoms with Crippen molar-refractivity contribution in [1.82, 2.24) is 14.9 Å². The first-order valence-electron chi connectivity index (χ1n) is 11.8. The number of alkyl halides is 3. The molecule has 3 aromatic rings. The molecule has 38 heavy (non-hydrogen) atoms. The molecule has 1 aliphatic rings. The summed E-state index contributed by atoms with van der Waals surface area (Å²) in [5, 5.41) is 13.7. The van der Waals surface area contributed by atoms with Crippen molar-refractivity contribution in [2.24, 2.45) is 0 Å². The summed E-state index contributed by atoms with van der Waals surface area (Å²) < 4.78 is 82.0. The van der Waals surface area contributed by atoms with Gasteiger partial charge in [0.25, 0.3) is 10.0 Å². The first-order chi connectivity index (χ1) is 17.8. The van der Waals surface area contributed by atoms with Gasteiger partial charge in [-0.15, -0.1) is 0 Å². The van der Waals surface area contributed by atoms with Crippen LogP contribution in [0.2, 0.25) is 0 Å². The first-order valence-corrected chi connectivity index (χ1v) is 13.2. The Morgan fingerprint density at radius 3 is 2.53 bits per heavy atom. The number of nitrogens with zero attached hydrogens (tertiary/aromatic N) is 3. The van der Waals surface area contributed by atoms with Gasteiger partial charge in [-0.2, -0.15) is 13.2 Å². The molecule has 1 heterocycles. The largest absolute Gasteiger partial charge is 0.506 e. The van der Waals surface area contributed by atoms with Gasteiger partial charge >= 0.3 is 6.18 Å². The summed E-state index contributed by atoms with van der Waals surface area (Å²) in [6.07, 6.45) is -0.357. The molecule has 2 aromatic carbocycles. The van der Waals surface area contributed by atoms with Crippen LogP contribution in [0.3, 0.4) is 0 Å². The molecule has 8 nitrogen and oxygen atoms in total. The van der Waals surface area contributed by atoms with Crippen molar-refractivity contribution in [2.45, 2.75) is 48.3 Å². The molecule has 13 heteroatoms. The zero-order valence-corrected chi connectivity index (χ0v) is 21.4. The van der Waals surface area contributed by atoms with E-state index in [-0.39, 0.29) is 29.5 Å². The van der Waals surface area contributed by atoms with Crippen LogP contribution < -0.4 is 10.0 Å². The van der Waals surface area contributed by atoms with E-state index in [0.29, 0.717) is 24.8 Å². The van der Waals surface area contributed by atoms with E-state index in [9.17, 15) is 31.1 Å². The number of phenols is 1. The molecule has 1 fully saturated rings. The van der Waals surface area contributed by atoms with Gasteiger partial charge in [0, 0.05) is 30.4 Å². The highest BCUT2D eigenvalue weighted by molar-refractivity contribution is 7.92. The summed E-state index contributed by atoms with van der Waals surface area (Å²) in [6, 6.07) is 7.91. The van der Waals surface area contributed by atoms with E-state index in [4.69, 9.17) is 0 Å². The molecule has 0 saturated heterocycles. The van der Waals surface area contributed by atoms with Crippen LogP contribution in [0.1, 0.15) is 36.3 Å². The molecular weight excluding hydrogens is 526 g/mol. The number of anilines is 2. The number of sulfonamides is 1. The van der Waals surface area contributed by atoms with Crippen LogP contribution in [0.25, 0.3) is 0 Å². The number of rotatable bonds is 7. The fourth-order valence-corrected chi connectivity index (χ4v) is 5.85. The lowest BCUT2D eigenvalue weighted by molar-refractivity contribution is -0.137. The molecule has 1 saturated carbocycles. The SMILES string of the molecule is CN(C)[C@H]1C[C@@H](c2cccc(C(F)(F)F)c2)CC[C@@H]1Nc1cc(F)c(S(=O)(=O)Nc2ccncn2)cc1O. The predicted molar refractivity (Wildman–Crippen MR) is 134 cm³/mol. The summed E-state index contributed by atoms with van der Waals surface area (Å²) in [7, 11) is -0.712. The monoisotopic (exact) mass is 553 g/mol. The Hall–Kier alpha value is -3.45. The molecule has 204 valence electrons.